The molecule has 0 aliphatic heterocycles. The molecule has 1 aromatic rings. The number of rotatable bonds is 18. The summed E-state index contributed by atoms with van der Waals surface area (Å²) >= 11 is 0. The lowest BCUT2D eigenvalue weighted by molar-refractivity contribution is -0.157. The summed E-state index contributed by atoms with van der Waals surface area (Å²) in [5.41, 5.74) is 0.354. The van der Waals surface area contributed by atoms with Crippen LogP contribution in [0.4, 0.5) is 0 Å². The molecule has 5 aliphatic rings. The highest BCUT2D eigenvalue weighted by Gasteiger charge is 2.63. The third-order valence-electron chi connectivity index (χ3n) is 14.7. The monoisotopic (exact) mass is 1100 g/mol. The van der Waals surface area contributed by atoms with Crippen molar-refractivity contribution >= 4 is 47.8 Å². The largest absolute Gasteiger partial charge is 0.462 e. The lowest BCUT2D eigenvalue weighted by Gasteiger charge is -2.38. The fourth-order valence-corrected chi connectivity index (χ4v) is 9.71. The Labute approximate surface area is 467 Å². The van der Waals surface area contributed by atoms with Crippen LogP contribution in [0, 0.1) is 16.7 Å². The molecule has 3 unspecified atom stereocenters. The summed E-state index contributed by atoms with van der Waals surface area (Å²) in [7, 11) is 0. The van der Waals surface area contributed by atoms with Crippen molar-refractivity contribution in [2.45, 2.75) is 216 Å². The summed E-state index contributed by atoms with van der Waals surface area (Å²) in [5, 5.41) is 0. The average molecular weight is 1100 g/mol. The van der Waals surface area contributed by atoms with Crippen LogP contribution in [0.25, 0.3) is 0 Å². The molecule has 3 atom stereocenters. The van der Waals surface area contributed by atoms with Gasteiger partial charge in [0.15, 0.2) is 0 Å². The van der Waals surface area contributed by atoms with Gasteiger partial charge in [0.2, 0.25) is 0 Å². The predicted molar refractivity (Wildman–Crippen MR) is 298 cm³/mol. The molecular formula is C62H94O16. The molecule has 0 aromatic heterocycles. The lowest BCUT2D eigenvalue weighted by Crippen LogP contribution is -2.39. The fourth-order valence-electron chi connectivity index (χ4n) is 9.71. The van der Waals surface area contributed by atoms with Gasteiger partial charge in [0.1, 0.15) is 46.7 Å². The number of ether oxygens (including phenoxy) is 8. The van der Waals surface area contributed by atoms with Crippen LogP contribution in [-0.2, 0) is 82.7 Å². The van der Waals surface area contributed by atoms with Gasteiger partial charge in [-0.25, -0.2) is 38.4 Å². The summed E-state index contributed by atoms with van der Waals surface area (Å²) in [5.74, 6) is -4.78. The molecule has 5 saturated carbocycles. The number of hydrogen-bond acceptors (Lipinski definition) is 16. The number of carbonyl (C=O) groups is 8. The highest BCUT2D eigenvalue weighted by Crippen LogP contribution is 2.66. The Hall–Kier alpha value is -6.06. The topological polar surface area (TPSA) is 210 Å². The van der Waals surface area contributed by atoms with Crippen LogP contribution in [0.2, 0.25) is 0 Å². The summed E-state index contributed by atoms with van der Waals surface area (Å²) in [4.78, 5) is 92.6. The van der Waals surface area contributed by atoms with Crippen molar-refractivity contribution < 1.29 is 77.6 Å². The zero-order valence-corrected chi connectivity index (χ0v) is 47.5. The maximum Gasteiger partial charge on any atom is 0.345 e. The summed E-state index contributed by atoms with van der Waals surface area (Å²) in [6, 6.07) is 9.61. The lowest BCUT2D eigenvalue weighted by atomic mass is 9.70. The van der Waals surface area contributed by atoms with E-state index in [0.29, 0.717) is 12.3 Å². The molecule has 0 saturated heterocycles. The van der Waals surface area contributed by atoms with Crippen molar-refractivity contribution in [2.75, 3.05) is 26.4 Å². The van der Waals surface area contributed by atoms with Gasteiger partial charge in [-0.05, 0) is 134 Å². The van der Waals surface area contributed by atoms with Crippen molar-refractivity contribution in [3.63, 3.8) is 0 Å². The first-order valence-electron chi connectivity index (χ1n) is 28.3. The molecule has 5 aliphatic carbocycles. The summed E-state index contributed by atoms with van der Waals surface area (Å²) < 4.78 is 47.0. The fraction of sp³-hybridized carbons (Fsp3) is 0.645. The van der Waals surface area contributed by atoms with Gasteiger partial charge < -0.3 is 37.9 Å². The molecule has 438 valence electrons. The van der Waals surface area contributed by atoms with Gasteiger partial charge in [0.25, 0.3) is 0 Å². The minimum atomic E-state index is -0.734. The Morgan fingerprint density at radius 2 is 0.808 bits per heavy atom. The van der Waals surface area contributed by atoms with Crippen molar-refractivity contribution in [3.8, 4) is 0 Å². The minimum Gasteiger partial charge on any atom is -0.462 e. The molecule has 16 nitrogen and oxygen atoms in total. The zero-order valence-electron chi connectivity index (χ0n) is 48.5. The first-order valence-corrected chi connectivity index (χ1v) is 27.7. The van der Waals surface area contributed by atoms with E-state index in [1.165, 1.54) is 25.7 Å². The molecule has 0 N–H and O–H groups in total. The molecule has 6 rings (SSSR count). The van der Waals surface area contributed by atoms with E-state index in [2.05, 4.69) is 56.6 Å². The third-order valence-corrected chi connectivity index (χ3v) is 14.7. The highest BCUT2D eigenvalue weighted by atomic mass is 16.6. The first kappa shape index (κ1) is 68.0. The van der Waals surface area contributed by atoms with Crippen molar-refractivity contribution in [3.05, 3.63) is 84.5 Å². The van der Waals surface area contributed by atoms with Gasteiger partial charge in [0.05, 0.1) is 26.4 Å². The van der Waals surface area contributed by atoms with Crippen molar-refractivity contribution in [2.24, 2.45) is 16.7 Å². The van der Waals surface area contributed by atoms with E-state index in [-0.39, 0.29) is 97.8 Å². The van der Waals surface area contributed by atoms with Gasteiger partial charge in [-0.3, -0.25) is 0 Å². The molecule has 0 heterocycles. The van der Waals surface area contributed by atoms with Crippen LogP contribution < -0.4 is 0 Å². The van der Waals surface area contributed by atoms with Crippen molar-refractivity contribution in [1.82, 2.24) is 0 Å². The van der Waals surface area contributed by atoms with Gasteiger partial charge in [-0.1, -0.05) is 124 Å². The van der Waals surface area contributed by atoms with E-state index >= 15 is 0 Å². The number of benzene rings is 1. The smallest absolute Gasteiger partial charge is 0.345 e. The van der Waals surface area contributed by atoms with Crippen LogP contribution in [0.1, 0.15) is 192 Å². The van der Waals surface area contributed by atoms with E-state index in [1.807, 2.05) is 44.2 Å². The second-order valence-corrected chi connectivity index (χ2v) is 20.5. The third kappa shape index (κ3) is 23.1. The molecule has 16 heteroatoms. The number of fused-ring (bicyclic) bond motifs is 2. The first-order chi connectivity index (χ1) is 36.9. The minimum absolute atomic E-state index is 0. The van der Waals surface area contributed by atoms with Crippen molar-refractivity contribution in [1.29, 1.82) is 0 Å². The standard InChI is InChI=1S/2C16H24O4.C14H16O4.C12H18O4.C3H8.CH4/c1-6-19-13(17)10(2)14(18)20-12-9-11-7-8-16(12,5)15(11,3)4;1-12(15(17)19-13-8-4-2-5-9-13)16(18)20-14-10-6-3-7-11-14;1-3-17-13(15)11(2)14(16)18-10-9-12-7-5-4-6-8-12;1-3-15-11(13)9(2)12(14)16-10-7-5-4-6-8-10;1-3-2;/h11-12H,2,6-9H2,1,3-5H3;13-14H,1-11H2;4-8H,2-3,9-10H2,1H3;10H,2-8H2,1H3;3H2,1-2H3;1H4/i;;;;3D;. The Morgan fingerprint density at radius 1 is 0.487 bits per heavy atom. The highest BCUT2D eigenvalue weighted by molar-refractivity contribution is 6.15. The molecule has 5 fully saturated rings. The van der Waals surface area contributed by atoms with E-state index in [4.69, 9.17) is 29.8 Å². The van der Waals surface area contributed by atoms with Gasteiger partial charge in [-0.2, -0.15) is 0 Å². The molecule has 0 amide bonds. The Bertz CT molecular complexity index is 2130. The van der Waals surface area contributed by atoms with Crippen LogP contribution >= 0.6 is 0 Å². The van der Waals surface area contributed by atoms with Gasteiger partial charge in [0, 0.05) is 13.2 Å². The number of carbonyl (C=O) groups excluding carboxylic acids is 8. The van der Waals surface area contributed by atoms with Gasteiger partial charge in [-0.15, -0.1) is 0 Å². The SMILES string of the molecule is C.C=C(C(=O)OC1CCCCC1)C(=O)OC1CCCCC1.C=C(C(=O)OCC)C(=O)OC1CC2CCC1(C)C2(C)C.C=C(C(=O)OCC)C(=O)OC1CCCCC1.C=C(C(=O)OCC)C(=O)OCCc1ccccc1.[2H]C(C)C. The molecule has 1 aromatic carbocycles. The normalized spacial score (nSPS) is 20.2. The summed E-state index contributed by atoms with van der Waals surface area (Å²) in [6.07, 6.45) is 18.8. The number of hydrogen-bond donors (Lipinski definition) is 0. The maximum absolute atomic E-state index is 12.0. The molecule has 2 bridgehead atoms. The molecular weight excluding hydrogens is 1000 g/mol. The van der Waals surface area contributed by atoms with Crippen LogP contribution in [-0.4, -0.2) is 98.6 Å². The maximum atomic E-state index is 12.0. The quantitative estimate of drug-likeness (QED) is 0.0440. The zero-order chi connectivity index (χ0) is 58.4. The van der Waals surface area contributed by atoms with E-state index in [9.17, 15) is 38.4 Å². The Kier molecular flexibility index (Phi) is 32.2. The number of esters is 8. The van der Waals surface area contributed by atoms with E-state index < -0.39 is 47.8 Å². The molecule has 0 spiro atoms. The Morgan fingerprint density at radius 3 is 1.13 bits per heavy atom. The second kappa shape index (κ2) is 36.9. The Balaban J connectivity index is 0.000000514. The van der Waals surface area contributed by atoms with E-state index in [1.54, 1.807) is 20.8 Å². The van der Waals surface area contributed by atoms with Gasteiger partial charge >= 0.3 is 47.8 Å². The second-order valence-electron chi connectivity index (χ2n) is 20.5. The molecule has 0 radical (unpaired) electrons. The average Bonchev–Trinajstić information content (AvgIpc) is 3.76. The predicted octanol–water partition coefficient (Wildman–Crippen LogP) is 12.1. The van der Waals surface area contributed by atoms with Crippen LogP contribution in [0.15, 0.2) is 78.9 Å². The van der Waals surface area contributed by atoms with E-state index in [0.717, 1.165) is 95.5 Å². The van der Waals surface area contributed by atoms with Crippen LogP contribution in [0.5, 0.6) is 0 Å². The molecule has 78 heavy (non-hydrogen) atoms. The summed E-state index contributed by atoms with van der Waals surface area (Å²) in [6.45, 7) is 30.0. The van der Waals surface area contributed by atoms with Crippen LogP contribution in [0.3, 0.4) is 0 Å².